The molecule has 0 aliphatic carbocycles. The fourth-order valence-corrected chi connectivity index (χ4v) is 4.93. The molecule has 1 N–H and O–H groups in total. The molecule has 4 rings (SSSR count). The minimum Gasteiger partial charge on any atom is -0.309 e. The van der Waals surface area contributed by atoms with Crippen LogP contribution in [0, 0.1) is 17.6 Å². The van der Waals surface area contributed by atoms with Crippen LogP contribution in [0.3, 0.4) is 0 Å². The van der Waals surface area contributed by atoms with E-state index in [1.165, 1.54) is 30.3 Å². The fourth-order valence-electron chi connectivity index (χ4n) is 4.35. The maximum Gasteiger partial charge on any atom is 0.288 e. The molecule has 1 atom stereocenters. The number of ketones is 1. The third kappa shape index (κ3) is 6.41. The van der Waals surface area contributed by atoms with Crippen LogP contribution in [0.5, 0.6) is 0 Å². The summed E-state index contributed by atoms with van der Waals surface area (Å²) in [5, 5.41) is 0. The molecule has 0 radical (unpaired) electrons. The number of sulfonamides is 1. The number of benzene rings is 2. The van der Waals surface area contributed by atoms with E-state index < -0.39 is 45.1 Å². The van der Waals surface area contributed by atoms with Gasteiger partial charge in [0.2, 0.25) is 15.9 Å². The molecule has 1 saturated heterocycles. The third-order valence-electron chi connectivity index (χ3n) is 6.19. The molecular formula is C26H24F4N4O4S. The van der Waals surface area contributed by atoms with Crippen LogP contribution < -0.4 is 9.62 Å². The minimum absolute atomic E-state index is 0.0544. The highest BCUT2D eigenvalue weighted by atomic mass is 32.2. The average Bonchev–Trinajstić information content (AvgIpc) is 3.19. The Bertz CT molecular complexity index is 1530. The van der Waals surface area contributed by atoms with Crippen molar-refractivity contribution in [3.8, 4) is 11.1 Å². The number of amides is 1. The molecule has 0 spiro atoms. The monoisotopic (exact) mass is 564 g/mol. The van der Waals surface area contributed by atoms with Crippen LogP contribution in [0.15, 0.2) is 48.8 Å². The summed E-state index contributed by atoms with van der Waals surface area (Å²) in [5.74, 6) is -7.42. The molecule has 0 bridgehead atoms. The van der Waals surface area contributed by atoms with Gasteiger partial charge in [-0.15, -0.1) is 0 Å². The molecule has 1 aromatic heterocycles. The van der Waals surface area contributed by atoms with Crippen molar-refractivity contribution in [1.29, 1.82) is 0 Å². The number of aromatic nitrogens is 2. The van der Waals surface area contributed by atoms with Crippen molar-refractivity contribution in [3.05, 3.63) is 71.8 Å². The quantitative estimate of drug-likeness (QED) is 0.385. The van der Waals surface area contributed by atoms with E-state index in [1.807, 2.05) is 0 Å². The van der Waals surface area contributed by atoms with Crippen LogP contribution in [0.25, 0.3) is 11.1 Å². The number of hydrogen-bond donors (Lipinski definition) is 1. The van der Waals surface area contributed by atoms with Gasteiger partial charge in [-0.05, 0) is 24.6 Å². The Morgan fingerprint density at radius 3 is 2.44 bits per heavy atom. The number of hydrogen-bond acceptors (Lipinski definition) is 6. The van der Waals surface area contributed by atoms with Crippen molar-refractivity contribution in [3.63, 3.8) is 0 Å². The number of carbonyl (C=O) groups is 2. The topological polar surface area (TPSA) is 109 Å². The lowest BCUT2D eigenvalue weighted by Crippen LogP contribution is -2.29. The highest BCUT2D eigenvalue weighted by Gasteiger charge is 2.36. The van der Waals surface area contributed by atoms with Crippen molar-refractivity contribution in [2.24, 2.45) is 5.92 Å². The molecule has 1 aliphatic heterocycles. The number of para-hydroxylation sites is 1. The second-order valence-electron chi connectivity index (χ2n) is 9.36. The smallest absolute Gasteiger partial charge is 0.288 e. The van der Waals surface area contributed by atoms with Gasteiger partial charge in [-0.1, -0.05) is 18.2 Å². The maximum absolute atomic E-state index is 15.2. The van der Waals surface area contributed by atoms with Crippen molar-refractivity contribution in [2.45, 2.75) is 32.1 Å². The lowest BCUT2D eigenvalue weighted by atomic mass is 9.98. The number of nitrogens with zero attached hydrogens (tertiary/aromatic N) is 3. The number of alkyl halides is 2. The van der Waals surface area contributed by atoms with Gasteiger partial charge >= 0.3 is 0 Å². The Hall–Kier alpha value is -3.87. The van der Waals surface area contributed by atoms with Crippen LogP contribution >= 0.6 is 0 Å². The summed E-state index contributed by atoms with van der Waals surface area (Å²) in [4.78, 5) is 34.0. The second-order valence-corrected chi connectivity index (χ2v) is 11.1. The SMILES string of the molecule is CC(F)(F)c1cnc(CC(=O)C[C@@H]2CCN(c3ccc(-c4ccccc4NS(C)(=O)=O)c(F)c3F)C2=O)cn1. The van der Waals surface area contributed by atoms with Crippen LogP contribution in [0.1, 0.15) is 31.2 Å². The first kappa shape index (κ1) is 28.1. The molecule has 1 aliphatic rings. The fraction of sp³-hybridized carbons (Fsp3) is 0.308. The van der Waals surface area contributed by atoms with Crippen molar-refractivity contribution < 1.29 is 35.6 Å². The number of rotatable bonds is 9. The standard InChI is InChI=1S/C26H24F4N4O4S/c1-26(29,30)22-14-31-16(13-32-22)12-17(35)11-15-9-10-34(25(15)36)21-8-7-19(23(27)24(21)28)18-5-3-4-6-20(18)33-39(2,37)38/h3-8,13-15,33H,9-12H2,1-2H3/t15-/m0/s1. The molecule has 39 heavy (non-hydrogen) atoms. The summed E-state index contributed by atoms with van der Waals surface area (Å²) in [6, 6.07) is 8.40. The van der Waals surface area contributed by atoms with Gasteiger partial charge in [-0.25, -0.2) is 17.2 Å². The summed E-state index contributed by atoms with van der Waals surface area (Å²) in [7, 11) is -3.69. The van der Waals surface area contributed by atoms with E-state index in [4.69, 9.17) is 0 Å². The summed E-state index contributed by atoms with van der Waals surface area (Å²) in [5.41, 5.74) is -0.688. The predicted molar refractivity (Wildman–Crippen MR) is 136 cm³/mol. The molecule has 8 nitrogen and oxygen atoms in total. The summed E-state index contributed by atoms with van der Waals surface area (Å²) in [6.45, 7) is 0.732. The predicted octanol–water partition coefficient (Wildman–Crippen LogP) is 4.46. The molecule has 0 saturated carbocycles. The van der Waals surface area contributed by atoms with Crippen molar-refractivity contribution in [1.82, 2.24) is 9.97 Å². The zero-order valence-electron chi connectivity index (χ0n) is 20.9. The van der Waals surface area contributed by atoms with Gasteiger partial charge in [0.05, 0.1) is 35.9 Å². The van der Waals surface area contributed by atoms with Gasteiger partial charge in [0.25, 0.3) is 5.92 Å². The first-order chi connectivity index (χ1) is 18.2. The zero-order valence-corrected chi connectivity index (χ0v) is 21.7. The van der Waals surface area contributed by atoms with Gasteiger partial charge < -0.3 is 4.90 Å². The van der Waals surface area contributed by atoms with Gasteiger partial charge in [0.1, 0.15) is 11.5 Å². The number of nitrogens with one attached hydrogen (secondary N) is 1. The normalized spacial score (nSPS) is 16.0. The largest absolute Gasteiger partial charge is 0.309 e. The van der Waals surface area contributed by atoms with E-state index >= 15 is 8.78 Å². The van der Waals surface area contributed by atoms with E-state index in [2.05, 4.69) is 14.7 Å². The first-order valence-corrected chi connectivity index (χ1v) is 13.7. The van der Waals surface area contributed by atoms with E-state index in [0.717, 1.165) is 23.5 Å². The Balaban J connectivity index is 1.48. The van der Waals surface area contributed by atoms with E-state index in [-0.39, 0.29) is 59.8 Å². The number of anilines is 2. The molecule has 2 heterocycles. The summed E-state index contributed by atoms with van der Waals surface area (Å²) < 4.78 is 82.6. The minimum atomic E-state index is -3.69. The highest BCUT2D eigenvalue weighted by Crippen LogP contribution is 2.37. The van der Waals surface area contributed by atoms with Gasteiger partial charge in [-0.2, -0.15) is 8.78 Å². The second kappa shape index (κ2) is 10.7. The van der Waals surface area contributed by atoms with Gasteiger partial charge in [0, 0.05) is 43.1 Å². The van der Waals surface area contributed by atoms with Crippen molar-refractivity contribution in [2.75, 3.05) is 22.4 Å². The van der Waals surface area contributed by atoms with Crippen LogP contribution in [0.2, 0.25) is 0 Å². The molecule has 206 valence electrons. The van der Waals surface area contributed by atoms with Gasteiger partial charge in [0.15, 0.2) is 11.6 Å². The third-order valence-corrected chi connectivity index (χ3v) is 6.78. The molecule has 1 amide bonds. The molecular weight excluding hydrogens is 540 g/mol. The number of halogens is 4. The Kier molecular flexibility index (Phi) is 7.73. The zero-order chi connectivity index (χ0) is 28.5. The molecule has 2 aromatic carbocycles. The van der Waals surface area contributed by atoms with Crippen molar-refractivity contribution >= 4 is 33.1 Å². The Morgan fingerprint density at radius 2 is 1.79 bits per heavy atom. The molecule has 1 fully saturated rings. The Morgan fingerprint density at radius 1 is 1.08 bits per heavy atom. The van der Waals surface area contributed by atoms with Gasteiger partial charge in [-0.3, -0.25) is 24.3 Å². The van der Waals surface area contributed by atoms with E-state index in [9.17, 15) is 26.8 Å². The number of Topliss-reactive ketones (excluding diaryl/α,β-unsaturated/α-hetero) is 1. The average molecular weight is 565 g/mol. The summed E-state index contributed by atoms with van der Waals surface area (Å²) in [6.07, 6.45) is 2.72. The Labute approximate surface area is 222 Å². The maximum atomic E-state index is 15.2. The lowest BCUT2D eigenvalue weighted by Gasteiger charge is -2.19. The van der Waals surface area contributed by atoms with E-state index in [0.29, 0.717) is 6.92 Å². The van der Waals surface area contributed by atoms with E-state index in [1.54, 1.807) is 6.07 Å². The lowest BCUT2D eigenvalue weighted by molar-refractivity contribution is -0.125. The summed E-state index contributed by atoms with van der Waals surface area (Å²) >= 11 is 0. The highest BCUT2D eigenvalue weighted by molar-refractivity contribution is 7.92. The van der Waals surface area contributed by atoms with Crippen LogP contribution in [0.4, 0.5) is 28.9 Å². The number of carbonyl (C=O) groups excluding carboxylic acids is 2. The molecule has 3 aromatic rings. The first-order valence-electron chi connectivity index (χ1n) is 11.8. The van der Waals surface area contributed by atoms with Crippen LogP contribution in [-0.2, 0) is 32.0 Å². The van der Waals surface area contributed by atoms with Crippen LogP contribution in [-0.4, -0.2) is 42.9 Å². The molecule has 0 unspecified atom stereocenters. The molecule has 13 heteroatoms.